The SMILES string of the molecule is O=C1c2ccccc2C2(c3ccc(Cl)cc3)N1CCN2C(=O)c1cccc2c1OCCO2. The van der Waals surface area contributed by atoms with Crippen LogP contribution in [0.4, 0.5) is 0 Å². The Labute approximate surface area is 189 Å². The fourth-order valence-electron chi connectivity index (χ4n) is 5.11. The number of halogens is 1. The van der Waals surface area contributed by atoms with E-state index in [2.05, 4.69) is 0 Å². The maximum Gasteiger partial charge on any atom is 0.260 e. The van der Waals surface area contributed by atoms with Crippen LogP contribution in [0.2, 0.25) is 5.02 Å². The van der Waals surface area contributed by atoms with Crippen LogP contribution in [0.25, 0.3) is 0 Å². The number of carbonyl (C=O) groups is 2. The zero-order valence-electron chi connectivity index (χ0n) is 17.1. The van der Waals surface area contributed by atoms with Gasteiger partial charge < -0.3 is 19.3 Å². The van der Waals surface area contributed by atoms with Gasteiger partial charge in [-0.15, -0.1) is 0 Å². The summed E-state index contributed by atoms with van der Waals surface area (Å²) in [6.07, 6.45) is 0. The van der Waals surface area contributed by atoms with Crippen molar-refractivity contribution >= 4 is 23.4 Å². The van der Waals surface area contributed by atoms with Gasteiger partial charge in [-0.05, 0) is 30.3 Å². The number of carbonyl (C=O) groups excluding carboxylic acids is 2. The van der Waals surface area contributed by atoms with E-state index in [9.17, 15) is 9.59 Å². The largest absolute Gasteiger partial charge is 0.486 e. The summed E-state index contributed by atoms with van der Waals surface area (Å²) in [5, 5.41) is 0.591. The first-order chi connectivity index (χ1) is 15.6. The molecule has 0 N–H and O–H groups in total. The van der Waals surface area contributed by atoms with E-state index in [1.165, 1.54) is 0 Å². The second-order valence-electron chi connectivity index (χ2n) is 7.97. The Balaban J connectivity index is 1.57. The number of para-hydroxylation sites is 1. The summed E-state index contributed by atoms with van der Waals surface area (Å²) in [7, 11) is 0. The molecule has 0 aromatic heterocycles. The number of nitrogens with zero attached hydrogens (tertiary/aromatic N) is 2. The maximum absolute atomic E-state index is 14.0. The Morgan fingerprint density at radius 2 is 1.69 bits per heavy atom. The highest BCUT2D eigenvalue weighted by Gasteiger charge is 2.59. The summed E-state index contributed by atoms with van der Waals surface area (Å²) < 4.78 is 11.5. The van der Waals surface area contributed by atoms with E-state index < -0.39 is 5.66 Å². The molecule has 1 saturated heterocycles. The zero-order valence-corrected chi connectivity index (χ0v) is 17.8. The molecule has 0 aliphatic carbocycles. The third-order valence-electron chi connectivity index (χ3n) is 6.40. The van der Waals surface area contributed by atoms with Gasteiger partial charge >= 0.3 is 0 Å². The molecule has 3 aliphatic rings. The minimum Gasteiger partial charge on any atom is -0.486 e. The highest BCUT2D eigenvalue weighted by Crippen LogP contribution is 2.50. The number of ether oxygens (including phenoxy) is 2. The van der Waals surface area contributed by atoms with E-state index in [1.807, 2.05) is 36.4 Å². The predicted molar refractivity (Wildman–Crippen MR) is 118 cm³/mol. The van der Waals surface area contributed by atoms with Gasteiger partial charge in [-0.2, -0.15) is 0 Å². The van der Waals surface area contributed by atoms with Crippen LogP contribution in [-0.4, -0.2) is 47.9 Å². The third kappa shape index (κ3) is 2.47. The summed E-state index contributed by atoms with van der Waals surface area (Å²) in [6, 6.07) is 20.2. The summed E-state index contributed by atoms with van der Waals surface area (Å²) in [5.41, 5.74) is 1.59. The first-order valence-corrected chi connectivity index (χ1v) is 10.9. The van der Waals surface area contributed by atoms with E-state index in [-0.39, 0.29) is 11.8 Å². The Bertz CT molecular complexity index is 1260. The standard InChI is InChI=1S/C25H19ClN2O4/c26-17-10-8-16(9-11-17)25-20-6-2-1-4-18(20)23(29)27(25)12-13-28(25)24(30)19-5-3-7-21-22(19)32-15-14-31-21/h1-11H,12-15H2. The van der Waals surface area contributed by atoms with Gasteiger partial charge in [0.05, 0.1) is 5.56 Å². The lowest BCUT2D eigenvalue weighted by molar-refractivity contribution is 0.0370. The molecule has 3 aromatic rings. The number of rotatable bonds is 2. The minimum absolute atomic E-state index is 0.0828. The first-order valence-electron chi connectivity index (χ1n) is 10.5. The van der Waals surface area contributed by atoms with Crippen molar-refractivity contribution in [2.75, 3.05) is 26.3 Å². The van der Waals surface area contributed by atoms with Gasteiger partial charge in [0, 0.05) is 34.8 Å². The molecule has 2 amide bonds. The van der Waals surface area contributed by atoms with Crippen LogP contribution in [0.3, 0.4) is 0 Å². The van der Waals surface area contributed by atoms with E-state index in [1.54, 1.807) is 40.1 Å². The van der Waals surface area contributed by atoms with Crippen LogP contribution < -0.4 is 9.47 Å². The Morgan fingerprint density at radius 3 is 2.53 bits per heavy atom. The van der Waals surface area contributed by atoms with E-state index >= 15 is 0 Å². The highest BCUT2D eigenvalue weighted by molar-refractivity contribution is 6.30. The quantitative estimate of drug-likeness (QED) is 0.598. The van der Waals surface area contributed by atoms with Gasteiger partial charge in [0.25, 0.3) is 11.8 Å². The first kappa shape index (κ1) is 19.2. The molecule has 0 bridgehead atoms. The number of benzene rings is 3. The minimum atomic E-state index is -1.05. The molecule has 3 heterocycles. The van der Waals surface area contributed by atoms with Crippen molar-refractivity contribution in [3.8, 4) is 11.5 Å². The molecule has 6 rings (SSSR count). The normalized spacial score (nSPS) is 20.8. The molecule has 6 nitrogen and oxygen atoms in total. The lowest BCUT2D eigenvalue weighted by atomic mass is 9.89. The van der Waals surface area contributed by atoms with Crippen molar-refractivity contribution in [1.82, 2.24) is 9.80 Å². The molecule has 0 spiro atoms. The van der Waals surface area contributed by atoms with Crippen LogP contribution in [0.15, 0.2) is 66.7 Å². The molecule has 3 aromatic carbocycles. The molecule has 0 radical (unpaired) electrons. The van der Waals surface area contributed by atoms with Gasteiger partial charge in [-0.1, -0.05) is 48.0 Å². The molecular weight excluding hydrogens is 428 g/mol. The topological polar surface area (TPSA) is 59.1 Å². The molecule has 7 heteroatoms. The van der Waals surface area contributed by atoms with Crippen molar-refractivity contribution in [2.24, 2.45) is 0 Å². The predicted octanol–water partition coefficient (Wildman–Crippen LogP) is 3.92. The third-order valence-corrected chi connectivity index (χ3v) is 6.65. The van der Waals surface area contributed by atoms with Crippen LogP contribution in [0, 0.1) is 0 Å². The van der Waals surface area contributed by atoms with E-state index in [0.29, 0.717) is 54.0 Å². The molecule has 1 atom stereocenters. The number of hydrogen-bond acceptors (Lipinski definition) is 4. The number of fused-ring (bicyclic) bond motifs is 4. The van der Waals surface area contributed by atoms with Crippen molar-refractivity contribution in [1.29, 1.82) is 0 Å². The summed E-state index contributed by atoms with van der Waals surface area (Å²) in [5.74, 6) is 0.711. The highest BCUT2D eigenvalue weighted by atomic mass is 35.5. The van der Waals surface area contributed by atoms with E-state index in [0.717, 1.165) is 11.1 Å². The molecule has 3 aliphatic heterocycles. The molecule has 1 unspecified atom stereocenters. The zero-order chi connectivity index (χ0) is 21.9. The van der Waals surface area contributed by atoms with Crippen molar-refractivity contribution in [2.45, 2.75) is 5.66 Å². The Kier molecular flexibility index (Phi) is 4.20. The molecule has 0 saturated carbocycles. The number of hydrogen-bond donors (Lipinski definition) is 0. The molecule has 32 heavy (non-hydrogen) atoms. The molecule has 1 fully saturated rings. The fraction of sp³-hybridized carbons (Fsp3) is 0.200. The van der Waals surface area contributed by atoms with Gasteiger partial charge in [0.1, 0.15) is 13.2 Å². The summed E-state index contributed by atoms with van der Waals surface area (Å²) >= 11 is 6.17. The number of amides is 2. The smallest absolute Gasteiger partial charge is 0.260 e. The van der Waals surface area contributed by atoms with Crippen molar-refractivity contribution in [3.05, 3.63) is 94.0 Å². The molecular formula is C25H19ClN2O4. The van der Waals surface area contributed by atoms with Crippen molar-refractivity contribution < 1.29 is 19.1 Å². The second-order valence-corrected chi connectivity index (χ2v) is 8.40. The van der Waals surface area contributed by atoms with Gasteiger partial charge in [0.2, 0.25) is 0 Å². The van der Waals surface area contributed by atoms with Gasteiger partial charge in [-0.3, -0.25) is 9.59 Å². The average Bonchev–Trinajstić information content (AvgIpc) is 3.34. The Hall–Kier alpha value is -3.51. The van der Waals surface area contributed by atoms with Gasteiger partial charge in [0.15, 0.2) is 17.2 Å². The van der Waals surface area contributed by atoms with E-state index in [4.69, 9.17) is 21.1 Å². The average molecular weight is 447 g/mol. The summed E-state index contributed by atoms with van der Waals surface area (Å²) in [4.78, 5) is 31.0. The summed E-state index contributed by atoms with van der Waals surface area (Å²) in [6.45, 7) is 1.64. The lowest BCUT2D eigenvalue weighted by Gasteiger charge is -2.40. The molecule has 160 valence electrons. The van der Waals surface area contributed by atoms with Crippen LogP contribution in [-0.2, 0) is 5.66 Å². The van der Waals surface area contributed by atoms with Crippen LogP contribution in [0.1, 0.15) is 31.8 Å². The van der Waals surface area contributed by atoms with Crippen molar-refractivity contribution in [3.63, 3.8) is 0 Å². The van der Waals surface area contributed by atoms with Gasteiger partial charge in [-0.25, -0.2) is 0 Å². The van der Waals surface area contributed by atoms with Crippen LogP contribution in [0.5, 0.6) is 11.5 Å². The monoisotopic (exact) mass is 446 g/mol. The lowest BCUT2D eigenvalue weighted by Crippen LogP contribution is -2.51. The maximum atomic E-state index is 14.0. The fourth-order valence-corrected chi connectivity index (χ4v) is 5.24. The Morgan fingerprint density at radius 1 is 0.906 bits per heavy atom. The second kappa shape index (κ2) is 7.00. The van der Waals surface area contributed by atoms with Crippen LogP contribution >= 0.6 is 11.6 Å².